The molecule has 4 aromatic heterocycles. The number of carbonyl (C=O) groups is 4. The molecule has 6 atom stereocenters. The van der Waals surface area contributed by atoms with Gasteiger partial charge in [0.15, 0.2) is 5.82 Å². The number of alkyl halides is 3. The lowest BCUT2D eigenvalue weighted by Crippen LogP contribution is -2.49. The Kier molecular flexibility index (Phi) is 8.79. The number of aromatic nitrogens is 3. The van der Waals surface area contributed by atoms with Gasteiger partial charge in [0.2, 0.25) is 11.8 Å². The lowest BCUT2D eigenvalue weighted by atomic mass is 9.52. The molecule has 300 valence electrons. The van der Waals surface area contributed by atoms with Gasteiger partial charge in [-0.1, -0.05) is 34.9 Å². The smallest absolute Gasteiger partial charge is 0.433 e. The van der Waals surface area contributed by atoms with Gasteiger partial charge in [-0.05, 0) is 86.0 Å². The maximum absolute atomic E-state index is 15.0. The minimum atomic E-state index is -4.82. The zero-order valence-corrected chi connectivity index (χ0v) is 33.5. The molecule has 0 spiro atoms. The van der Waals surface area contributed by atoms with Gasteiger partial charge in [0.05, 0.1) is 39.0 Å². The number of hydrogen-bond donors (Lipinski definition) is 1. The molecule has 2 aliphatic carbocycles. The highest BCUT2D eigenvalue weighted by Crippen LogP contribution is 2.64. The molecule has 9 rings (SSSR count). The number of aliphatic hydroxyl groups excluding tert-OH is 1. The minimum absolute atomic E-state index is 0.00860. The summed E-state index contributed by atoms with van der Waals surface area (Å²) in [4.78, 5) is 64.1. The number of benzene rings is 1. The molecule has 58 heavy (non-hydrogen) atoms. The first-order chi connectivity index (χ1) is 27.4. The van der Waals surface area contributed by atoms with Gasteiger partial charge in [-0.15, -0.1) is 11.3 Å². The van der Waals surface area contributed by atoms with Crippen molar-refractivity contribution in [3.05, 3.63) is 93.0 Å². The molecule has 4 aliphatic rings. The molecule has 3 fully saturated rings. The van der Waals surface area contributed by atoms with Crippen LogP contribution < -0.4 is 9.91 Å². The summed E-state index contributed by atoms with van der Waals surface area (Å²) >= 11 is 14.1. The number of nitrogens with zero attached hydrogens (tertiary/aromatic N) is 6. The van der Waals surface area contributed by atoms with Crippen molar-refractivity contribution in [1.82, 2.24) is 19.8 Å². The van der Waals surface area contributed by atoms with Gasteiger partial charge >= 0.3 is 6.18 Å². The van der Waals surface area contributed by atoms with E-state index < -0.39 is 82.9 Å². The predicted molar refractivity (Wildman–Crippen MR) is 208 cm³/mol. The molecule has 1 N–H and O–H groups in total. The topological polar surface area (TPSA) is 142 Å². The van der Waals surface area contributed by atoms with E-state index in [4.69, 9.17) is 32.7 Å². The number of fused-ring (bicyclic) bond motifs is 5. The third kappa shape index (κ3) is 5.44. The third-order valence-electron chi connectivity index (χ3n) is 12.3. The number of aryl methyl sites for hydroxylation is 2. The highest BCUT2D eigenvalue weighted by atomic mass is 35.5. The average molecular weight is 854 g/mol. The van der Waals surface area contributed by atoms with Gasteiger partial charge in [0, 0.05) is 29.9 Å². The molecule has 1 aromatic carbocycles. The molecule has 18 heteroatoms. The van der Waals surface area contributed by atoms with E-state index in [1.54, 1.807) is 38.2 Å². The van der Waals surface area contributed by atoms with Crippen molar-refractivity contribution < 1.29 is 41.9 Å². The van der Waals surface area contributed by atoms with Crippen LogP contribution in [0.5, 0.6) is 0 Å². The molecule has 12 nitrogen and oxygen atoms in total. The largest absolute Gasteiger partial charge is 0.463 e. The summed E-state index contributed by atoms with van der Waals surface area (Å²) in [5, 5.41) is 17.7. The predicted octanol–water partition coefficient (Wildman–Crippen LogP) is 7.70. The van der Waals surface area contributed by atoms with E-state index in [9.17, 15) is 32.7 Å². The number of rotatable bonds is 6. The van der Waals surface area contributed by atoms with Crippen LogP contribution in [0.25, 0.3) is 20.7 Å². The van der Waals surface area contributed by atoms with Gasteiger partial charge in [-0.25, -0.2) is 9.88 Å². The maximum atomic E-state index is 15.0. The lowest BCUT2D eigenvalue weighted by Gasteiger charge is -2.48. The number of amides is 4. The van der Waals surface area contributed by atoms with Gasteiger partial charge in [0.1, 0.15) is 35.3 Å². The summed E-state index contributed by atoms with van der Waals surface area (Å²) < 4.78 is 49.6. The van der Waals surface area contributed by atoms with E-state index in [1.807, 2.05) is 25.1 Å². The Balaban J connectivity index is 1.11. The molecule has 0 unspecified atom stereocenters. The molecule has 2 saturated heterocycles. The van der Waals surface area contributed by atoms with Crippen molar-refractivity contribution in [2.45, 2.75) is 45.4 Å². The number of carbonyl (C=O) groups excluding carboxylic acids is 4. The van der Waals surface area contributed by atoms with Crippen molar-refractivity contribution >= 4 is 79.9 Å². The minimum Gasteiger partial charge on any atom is -0.463 e. The second kappa shape index (κ2) is 13.2. The molecule has 0 bridgehead atoms. The number of imide groups is 2. The summed E-state index contributed by atoms with van der Waals surface area (Å²) in [7, 11) is 2.89. The highest BCUT2D eigenvalue weighted by Gasteiger charge is 2.69. The van der Waals surface area contributed by atoms with Gasteiger partial charge < -0.3 is 9.52 Å². The van der Waals surface area contributed by atoms with E-state index in [2.05, 4.69) is 4.98 Å². The van der Waals surface area contributed by atoms with Crippen LogP contribution in [0.4, 0.5) is 24.8 Å². The van der Waals surface area contributed by atoms with Crippen LogP contribution in [0.1, 0.15) is 48.5 Å². The van der Waals surface area contributed by atoms with Crippen LogP contribution in [0.15, 0.2) is 64.6 Å². The Hall–Kier alpha value is -5.03. The number of anilines is 2. The fourth-order valence-corrected chi connectivity index (χ4v) is 11.1. The average Bonchev–Trinajstić information content (AvgIpc) is 3.97. The monoisotopic (exact) mass is 852 g/mol. The quantitative estimate of drug-likeness (QED) is 0.134. The van der Waals surface area contributed by atoms with Gasteiger partial charge in [0.25, 0.3) is 11.8 Å². The van der Waals surface area contributed by atoms with Crippen LogP contribution in [0, 0.1) is 36.0 Å². The molecular formula is C40H33Cl2F3N6O6S. The standard InChI is InChI=1S/C40H33Cl2F3N6O6S/c1-17-22-13-18(41)5-11-28(22)58-33(17)26-15-30(48(3)47-26)50-36(54)24-14-23-20(32(39(24,2)38(50)56)27-10-6-19(16-52)57-27)7-8-21-31(23)37(55)51(35(21)53)49(4)34-25(42)9-12-29(46-34)40(43,44)45/h5-7,9-13,15,21,23-24,31-32,52H,8,14,16H2,1-4H3/t21-,23+,24-,31-,32+,39+/m0/s1. The SMILES string of the molecule is Cc1c(-c2cc(N3C(=O)[C@@H]4C[C@@H]5C(=CC[C@@H]6C(=O)N(N(C)c7nc(C(F)(F)F)ccc7Cl)C(=O)[C@@H]65)[C@H](c5ccc(CO)o5)[C@]4(C)C3=O)n(C)n2)sc2ccc(Cl)cc12. The summed E-state index contributed by atoms with van der Waals surface area (Å²) in [6.07, 6.45) is -2.94. The van der Waals surface area contributed by atoms with Crippen molar-refractivity contribution in [3.8, 4) is 10.6 Å². The van der Waals surface area contributed by atoms with E-state index in [-0.39, 0.29) is 29.4 Å². The molecule has 1 saturated carbocycles. The summed E-state index contributed by atoms with van der Waals surface area (Å²) in [6, 6.07) is 12.2. The molecule has 6 heterocycles. The first-order valence-corrected chi connectivity index (χ1v) is 19.9. The van der Waals surface area contributed by atoms with Crippen molar-refractivity contribution in [2.24, 2.45) is 36.1 Å². The molecular weight excluding hydrogens is 820 g/mol. The van der Waals surface area contributed by atoms with Crippen molar-refractivity contribution in [3.63, 3.8) is 0 Å². The summed E-state index contributed by atoms with van der Waals surface area (Å²) in [5.74, 6) is -6.69. The Morgan fingerprint density at radius 3 is 2.50 bits per heavy atom. The van der Waals surface area contributed by atoms with E-state index in [0.29, 0.717) is 28.1 Å². The van der Waals surface area contributed by atoms with Gasteiger partial charge in [-0.3, -0.25) is 28.9 Å². The number of aliphatic hydroxyl groups is 1. The number of halogens is 5. The first-order valence-electron chi connectivity index (χ1n) is 18.3. The van der Waals surface area contributed by atoms with Crippen LogP contribution in [0.3, 0.4) is 0 Å². The van der Waals surface area contributed by atoms with Crippen LogP contribution in [0.2, 0.25) is 10.0 Å². The van der Waals surface area contributed by atoms with Crippen molar-refractivity contribution in [2.75, 3.05) is 17.0 Å². The number of hydrogen-bond acceptors (Lipinski definition) is 10. The summed E-state index contributed by atoms with van der Waals surface area (Å²) in [5.41, 5.74) is -0.586. The molecule has 5 aromatic rings. The second-order valence-corrected chi connectivity index (χ2v) is 17.2. The maximum Gasteiger partial charge on any atom is 0.433 e. The Morgan fingerprint density at radius 1 is 1.03 bits per heavy atom. The zero-order valence-electron chi connectivity index (χ0n) is 31.2. The normalized spacial score (nSPS) is 25.8. The van der Waals surface area contributed by atoms with Crippen LogP contribution in [-0.2, 0) is 39.0 Å². The Bertz CT molecular complexity index is 2650. The Morgan fingerprint density at radius 2 is 1.79 bits per heavy atom. The Labute approximate surface area is 342 Å². The summed E-state index contributed by atoms with van der Waals surface area (Å²) in [6.45, 7) is 3.23. The van der Waals surface area contributed by atoms with E-state index >= 15 is 4.79 Å². The van der Waals surface area contributed by atoms with Gasteiger partial charge in [-0.2, -0.15) is 23.3 Å². The van der Waals surface area contributed by atoms with Crippen molar-refractivity contribution in [1.29, 1.82) is 0 Å². The number of furan rings is 1. The van der Waals surface area contributed by atoms with Crippen LogP contribution in [-0.4, -0.2) is 55.6 Å². The molecule has 2 aliphatic heterocycles. The zero-order chi connectivity index (χ0) is 41.3. The number of hydrazine groups is 1. The van der Waals surface area contributed by atoms with E-state index in [0.717, 1.165) is 41.5 Å². The first kappa shape index (κ1) is 38.5. The molecule has 4 amide bonds. The molecule has 0 radical (unpaired) electrons. The van der Waals surface area contributed by atoms with Crippen LogP contribution >= 0.6 is 34.5 Å². The fraction of sp³-hybridized carbons (Fsp3) is 0.350. The highest BCUT2D eigenvalue weighted by molar-refractivity contribution is 7.22. The second-order valence-electron chi connectivity index (χ2n) is 15.3. The lowest BCUT2D eigenvalue weighted by molar-refractivity contribution is -0.141. The van der Waals surface area contributed by atoms with E-state index in [1.165, 1.54) is 23.1 Å². The number of thiophene rings is 1. The fourth-order valence-electron chi connectivity index (χ4n) is 9.57. The number of pyridine rings is 1. The third-order valence-corrected chi connectivity index (χ3v) is 14.1. The number of allylic oxidation sites excluding steroid dienone is 2.